The second-order valence-corrected chi connectivity index (χ2v) is 6.07. The normalized spacial score (nSPS) is 7.34. The summed E-state index contributed by atoms with van der Waals surface area (Å²) in [6.07, 6.45) is 4.90. The number of hydrogen-bond donors (Lipinski definition) is 0. The fourth-order valence-electron chi connectivity index (χ4n) is 1.51. The lowest BCUT2D eigenvalue weighted by Crippen LogP contribution is -2.04. The van der Waals surface area contributed by atoms with E-state index in [-0.39, 0.29) is 11.3 Å². The van der Waals surface area contributed by atoms with Crippen molar-refractivity contribution in [3.05, 3.63) is 39.9 Å². The van der Waals surface area contributed by atoms with Gasteiger partial charge in [-0.15, -0.1) is 6.42 Å². The Morgan fingerprint density at radius 1 is 0.781 bits per heavy atom. The molecule has 0 radical (unpaired) electrons. The van der Waals surface area contributed by atoms with Gasteiger partial charge in [0, 0.05) is 23.8 Å². The van der Waals surface area contributed by atoms with E-state index in [1.54, 1.807) is 0 Å². The van der Waals surface area contributed by atoms with E-state index in [0.717, 1.165) is 0 Å². The highest BCUT2D eigenvalue weighted by Crippen LogP contribution is 2.19. The van der Waals surface area contributed by atoms with Crippen molar-refractivity contribution in [3.8, 4) is 106 Å². The van der Waals surface area contributed by atoms with Crippen molar-refractivity contribution in [2.75, 3.05) is 0 Å². The van der Waals surface area contributed by atoms with Crippen molar-refractivity contribution in [2.45, 2.75) is 6.61 Å². The third kappa shape index (κ3) is 11.4. The average Bonchev–Trinajstić information content (AvgIpc) is 2.77. The molecule has 0 saturated carbocycles. The maximum atomic E-state index is 11.7. The Balaban J connectivity index is 2.60. The summed E-state index contributed by atoms with van der Waals surface area (Å²) >= 11 is 0. The number of nitrogens with zero attached hydrogens (tertiary/aromatic N) is 1. The molecule has 0 N–H and O–H groups in total. The van der Waals surface area contributed by atoms with Gasteiger partial charge in [-0.2, -0.15) is 8.42 Å². The van der Waals surface area contributed by atoms with Crippen molar-refractivity contribution >= 4 is 15.8 Å². The van der Waals surface area contributed by atoms with Gasteiger partial charge >= 0.3 is 10.1 Å². The van der Waals surface area contributed by atoms with Crippen LogP contribution in [0.15, 0.2) is 24.3 Å². The molecule has 32 heavy (non-hydrogen) atoms. The fourth-order valence-corrected chi connectivity index (χ4v) is 2.03. The van der Waals surface area contributed by atoms with E-state index >= 15 is 0 Å². The molecule has 0 unspecified atom stereocenters. The number of benzene rings is 1. The van der Waals surface area contributed by atoms with Gasteiger partial charge < -0.3 is 0 Å². The van der Waals surface area contributed by atoms with E-state index in [4.69, 9.17) is 6.42 Å². The van der Waals surface area contributed by atoms with Crippen LogP contribution in [-0.2, 0) is 20.9 Å². The SMILES string of the molecule is C#CC#CC#CC#CC#CC#CC#CC#CC#CS(=O)(=O)OCc1ccccc1[N+](=O)[O-]. The van der Waals surface area contributed by atoms with Crippen molar-refractivity contribution < 1.29 is 17.5 Å². The summed E-state index contributed by atoms with van der Waals surface area (Å²) in [6.45, 7) is -0.533. The summed E-state index contributed by atoms with van der Waals surface area (Å²) in [5, 5.41) is 12.7. The van der Waals surface area contributed by atoms with Crippen LogP contribution in [0.1, 0.15) is 5.56 Å². The predicted molar refractivity (Wildman–Crippen MR) is 118 cm³/mol. The van der Waals surface area contributed by atoms with Gasteiger partial charge in [-0.05, 0) is 83.0 Å². The van der Waals surface area contributed by atoms with Crippen molar-refractivity contribution in [1.29, 1.82) is 0 Å². The zero-order valence-corrected chi connectivity index (χ0v) is 16.8. The van der Waals surface area contributed by atoms with Gasteiger partial charge in [-0.1, -0.05) is 12.1 Å². The molecule has 1 aromatic carbocycles. The molecule has 6 nitrogen and oxygen atoms in total. The number of rotatable bonds is 4. The molecule has 0 aliphatic rings. The van der Waals surface area contributed by atoms with Crippen LogP contribution >= 0.6 is 0 Å². The molecule has 0 aliphatic carbocycles. The Bertz CT molecular complexity index is 1570. The Morgan fingerprint density at radius 3 is 1.69 bits per heavy atom. The van der Waals surface area contributed by atoms with Crippen LogP contribution in [0.4, 0.5) is 5.69 Å². The molecule has 0 atom stereocenters. The minimum Gasteiger partial charge on any atom is -0.258 e. The molecule has 0 saturated heterocycles. The Hall–Kier alpha value is -5.43. The lowest BCUT2D eigenvalue weighted by atomic mass is 10.2. The largest absolute Gasteiger partial charge is 0.339 e. The molecule has 0 amide bonds. The second kappa shape index (κ2) is 14.6. The number of para-hydroxylation sites is 1. The van der Waals surface area contributed by atoms with Crippen molar-refractivity contribution in [1.82, 2.24) is 0 Å². The Labute approximate surface area is 186 Å². The molecule has 7 heteroatoms. The lowest BCUT2D eigenvalue weighted by molar-refractivity contribution is -0.385. The number of hydrogen-bond acceptors (Lipinski definition) is 5. The van der Waals surface area contributed by atoms with Crippen LogP contribution in [-0.4, -0.2) is 13.3 Å². The molecular weight excluding hydrogens is 426 g/mol. The van der Waals surface area contributed by atoms with Gasteiger partial charge in [-0.3, -0.25) is 14.3 Å². The Kier molecular flexibility index (Phi) is 11.2. The van der Waals surface area contributed by atoms with Gasteiger partial charge in [-0.25, -0.2) is 0 Å². The summed E-state index contributed by atoms with van der Waals surface area (Å²) in [6, 6.07) is 5.58. The van der Waals surface area contributed by atoms with Gasteiger partial charge in [0.25, 0.3) is 5.69 Å². The van der Waals surface area contributed by atoms with E-state index in [0.29, 0.717) is 0 Å². The fraction of sp³-hybridized carbons (Fsp3) is 0.0400. The summed E-state index contributed by atoms with van der Waals surface area (Å²) in [7, 11) is -4.26. The zero-order valence-electron chi connectivity index (χ0n) is 16.0. The molecule has 0 fully saturated rings. The smallest absolute Gasteiger partial charge is 0.258 e. The summed E-state index contributed by atoms with van der Waals surface area (Å²) in [4.78, 5) is 10.2. The average molecular weight is 433 g/mol. The monoisotopic (exact) mass is 433 g/mol. The van der Waals surface area contributed by atoms with E-state index in [9.17, 15) is 18.5 Å². The van der Waals surface area contributed by atoms with Gasteiger partial charge in [0.15, 0.2) is 0 Å². The highest BCUT2D eigenvalue weighted by molar-refractivity contribution is 7.91. The lowest BCUT2D eigenvalue weighted by Gasteiger charge is -2.01. The van der Waals surface area contributed by atoms with Crippen LogP contribution in [0.25, 0.3) is 0 Å². The first-order valence-corrected chi connectivity index (χ1v) is 9.46. The first kappa shape index (κ1) is 24.6. The predicted octanol–water partition coefficient (Wildman–Crippen LogP) is 1.06. The molecule has 0 spiro atoms. The quantitative estimate of drug-likeness (QED) is 0.307. The number of nitro benzene ring substituents is 1. The standard InChI is InChI=1S/C25H7NO5S/c1-2-3-4-5-6-7-8-9-10-11-12-13-14-15-16-19-22-32(29,30)31-23-24-20-17-18-21-25(24)26(27)28/h1,17-18,20-21H,23H2. The van der Waals surface area contributed by atoms with Gasteiger partial charge in [0.1, 0.15) is 0 Å². The second-order valence-electron chi connectivity index (χ2n) is 4.72. The van der Waals surface area contributed by atoms with Crippen LogP contribution in [0.5, 0.6) is 0 Å². The summed E-state index contributed by atoms with van der Waals surface area (Å²) in [5.41, 5.74) is -0.169. The van der Waals surface area contributed by atoms with E-state index in [2.05, 4.69) is 98.9 Å². The highest BCUT2D eigenvalue weighted by atomic mass is 32.2. The highest BCUT2D eigenvalue weighted by Gasteiger charge is 2.15. The van der Waals surface area contributed by atoms with Gasteiger partial charge in [0.2, 0.25) is 0 Å². The van der Waals surface area contributed by atoms with E-state index in [1.807, 2.05) is 5.25 Å². The molecule has 1 rings (SSSR count). The molecule has 0 bridgehead atoms. The van der Waals surface area contributed by atoms with E-state index in [1.165, 1.54) is 24.3 Å². The molecule has 1 aromatic rings. The topological polar surface area (TPSA) is 86.5 Å². The maximum absolute atomic E-state index is 11.7. The molecule has 148 valence electrons. The Morgan fingerprint density at radius 2 is 1.22 bits per heavy atom. The molecular formula is C25H7NO5S. The van der Waals surface area contributed by atoms with Crippen LogP contribution in [0.2, 0.25) is 0 Å². The molecule has 0 heterocycles. The third-order valence-electron chi connectivity index (χ3n) is 2.68. The van der Waals surface area contributed by atoms with Gasteiger partial charge in [0.05, 0.1) is 22.3 Å². The molecule has 0 aromatic heterocycles. The summed E-state index contributed by atoms with van der Waals surface area (Å²) < 4.78 is 28.0. The van der Waals surface area contributed by atoms with Crippen LogP contribution in [0.3, 0.4) is 0 Å². The van der Waals surface area contributed by atoms with Crippen molar-refractivity contribution in [2.24, 2.45) is 0 Å². The minimum absolute atomic E-state index is 0.0924. The van der Waals surface area contributed by atoms with Crippen molar-refractivity contribution in [3.63, 3.8) is 0 Å². The number of terminal acetylenes is 1. The first-order valence-electron chi connectivity index (χ1n) is 8.05. The first-order chi connectivity index (χ1) is 15.5. The van der Waals surface area contributed by atoms with E-state index < -0.39 is 21.6 Å². The molecule has 0 aliphatic heterocycles. The zero-order chi connectivity index (χ0) is 23.5. The minimum atomic E-state index is -4.26. The number of nitro groups is 1. The summed E-state index contributed by atoms with van der Waals surface area (Å²) in [5.74, 6) is 37.2. The maximum Gasteiger partial charge on any atom is 0.339 e. The third-order valence-corrected chi connectivity index (χ3v) is 3.46. The van der Waals surface area contributed by atoms with Crippen LogP contribution < -0.4 is 0 Å². The van der Waals surface area contributed by atoms with Crippen LogP contribution in [0, 0.1) is 117 Å².